The van der Waals surface area contributed by atoms with E-state index in [1.165, 1.54) is 6.20 Å². The molecule has 0 atom stereocenters. The SMILES string of the molecule is CN(C)c1ccc(C(=O)c2cnc(N)nc2N)cc1. The molecule has 0 aliphatic heterocycles. The van der Waals surface area contributed by atoms with Crippen molar-refractivity contribution >= 4 is 23.2 Å². The van der Waals surface area contributed by atoms with Crippen LogP contribution in [0.5, 0.6) is 0 Å². The van der Waals surface area contributed by atoms with E-state index in [4.69, 9.17) is 11.5 Å². The van der Waals surface area contributed by atoms with Gasteiger partial charge in [0.1, 0.15) is 5.82 Å². The van der Waals surface area contributed by atoms with Gasteiger partial charge in [-0.1, -0.05) is 0 Å². The fraction of sp³-hybridized carbons (Fsp3) is 0.154. The Morgan fingerprint density at radius 1 is 1.16 bits per heavy atom. The van der Waals surface area contributed by atoms with Gasteiger partial charge in [-0.25, -0.2) is 4.98 Å². The van der Waals surface area contributed by atoms with Crippen LogP contribution in [0.4, 0.5) is 17.5 Å². The number of nitrogens with two attached hydrogens (primary N) is 2. The van der Waals surface area contributed by atoms with E-state index in [-0.39, 0.29) is 23.1 Å². The van der Waals surface area contributed by atoms with Gasteiger partial charge in [-0.2, -0.15) is 4.98 Å². The predicted octanol–water partition coefficient (Wildman–Crippen LogP) is 0.938. The number of nitrogens with zero attached hydrogens (tertiary/aromatic N) is 3. The topological polar surface area (TPSA) is 98.1 Å². The lowest BCUT2D eigenvalue weighted by molar-refractivity contribution is 0.103. The molecule has 0 radical (unpaired) electrons. The molecule has 0 spiro atoms. The third kappa shape index (κ3) is 2.62. The molecule has 2 aromatic rings. The molecule has 1 heterocycles. The summed E-state index contributed by atoms with van der Waals surface area (Å²) in [5.41, 5.74) is 12.9. The Balaban J connectivity index is 2.33. The third-order valence-electron chi connectivity index (χ3n) is 2.73. The maximum absolute atomic E-state index is 12.2. The summed E-state index contributed by atoms with van der Waals surface area (Å²) < 4.78 is 0. The molecule has 0 fully saturated rings. The molecule has 98 valence electrons. The van der Waals surface area contributed by atoms with E-state index in [9.17, 15) is 4.79 Å². The maximum atomic E-state index is 12.2. The number of carbonyl (C=O) groups excluding carboxylic acids is 1. The van der Waals surface area contributed by atoms with E-state index in [0.29, 0.717) is 5.56 Å². The highest BCUT2D eigenvalue weighted by atomic mass is 16.1. The number of carbonyl (C=O) groups is 1. The van der Waals surface area contributed by atoms with Gasteiger partial charge in [-0.15, -0.1) is 0 Å². The van der Waals surface area contributed by atoms with Gasteiger partial charge in [0.25, 0.3) is 0 Å². The first-order valence-electron chi connectivity index (χ1n) is 5.69. The number of anilines is 3. The monoisotopic (exact) mass is 257 g/mol. The minimum Gasteiger partial charge on any atom is -0.383 e. The van der Waals surface area contributed by atoms with Crippen molar-refractivity contribution in [2.75, 3.05) is 30.5 Å². The maximum Gasteiger partial charge on any atom is 0.221 e. The molecule has 0 aliphatic carbocycles. The van der Waals surface area contributed by atoms with Crippen molar-refractivity contribution in [3.63, 3.8) is 0 Å². The molecular weight excluding hydrogens is 242 g/mol. The molecule has 0 unspecified atom stereocenters. The van der Waals surface area contributed by atoms with Gasteiger partial charge in [0.2, 0.25) is 5.95 Å². The summed E-state index contributed by atoms with van der Waals surface area (Å²) in [5, 5.41) is 0. The number of benzene rings is 1. The van der Waals surface area contributed by atoms with Crippen LogP contribution in [0.2, 0.25) is 0 Å². The van der Waals surface area contributed by atoms with E-state index in [2.05, 4.69) is 9.97 Å². The summed E-state index contributed by atoms with van der Waals surface area (Å²) in [6.07, 6.45) is 1.35. The second kappa shape index (κ2) is 4.93. The molecule has 6 heteroatoms. The van der Waals surface area contributed by atoms with Crippen molar-refractivity contribution in [3.8, 4) is 0 Å². The minimum atomic E-state index is -0.220. The first-order chi connectivity index (χ1) is 8.99. The fourth-order valence-electron chi connectivity index (χ4n) is 1.65. The normalized spacial score (nSPS) is 10.2. The largest absolute Gasteiger partial charge is 0.383 e. The summed E-state index contributed by atoms with van der Waals surface area (Å²) in [7, 11) is 3.87. The quantitative estimate of drug-likeness (QED) is 0.794. The van der Waals surface area contributed by atoms with Crippen LogP contribution in [0.25, 0.3) is 0 Å². The molecule has 2 rings (SSSR count). The molecule has 1 aromatic carbocycles. The van der Waals surface area contributed by atoms with Crippen LogP contribution in [0.3, 0.4) is 0 Å². The molecule has 4 N–H and O–H groups in total. The summed E-state index contributed by atoms with van der Waals surface area (Å²) in [6.45, 7) is 0. The van der Waals surface area contributed by atoms with Crippen LogP contribution in [0.1, 0.15) is 15.9 Å². The fourth-order valence-corrected chi connectivity index (χ4v) is 1.65. The van der Waals surface area contributed by atoms with E-state index in [0.717, 1.165) is 5.69 Å². The summed E-state index contributed by atoms with van der Waals surface area (Å²) in [5.74, 6) is -0.0750. The molecule has 0 amide bonds. The number of ketones is 1. The Morgan fingerprint density at radius 2 is 1.79 bits per heavy atom. The lowest BCUT2D eigenvalue weighted by Gasteiger charge is -2.12. The minimum absolute atomic E-state index is 0.0528. The second-order valence-corrected chi connectivity index (χ2v) is 4.30. The Labute approximate surface area is 111 Å². The summed E-state index contributed by atoms with van der Waals surface area (Å²) in [4.78, 5) is 21.8. The van der Waals surface area contributed by atoms with Gasteiger partial charge < -0.3 is 16.4 Å². The van der Waals surface area contributed by atoms with Gasteiger partial charge >= 0.3 is 0 Å². The van der Waals surface area contributed by atoms with Gasteiger partial charge in [-0.05, 0) is 24.3 Å². The summed E-state index contributed by atoms with van der Waals surface area (Å²) >= 11 is 0. The van der Waals surface area contributed by atoms with E-state index in [1.807, 2.05) is 31.1 Å². The van der Waals surface area contributed by atoms with E-state index in [1.54, 1.807) is 12.1 Å². The van der Waals surface area contributed by atoms with Gasteiger partial charge in [0.05, 0.1) is 5.56 Å². The predicted molar refractivity (Wildman–Crippen MR) is 75.1 cm³/mol. The Morgan fingerprint density at radius 3 is 2.32 bits per heavy atom. The van der Waals surface area contributed by atoms with Crippen LogP contribution in [0, 0.1) is 0 Å². The van der Waals surface area contributed by atoms with Crippen LogP contribution in [-0.4, -0.2) is 29.8 Å². The highest BCUT2D eigenvalue weighted by Gasteiger charge is 2.14. The van der Waals surface area contributed by atoms with Crippen molar-refractivity contribution in [2.24, 2.45) is 0 Å². The Bertz CT molecular complexity index is 607. The van der Waals surface area contributed by atoms with Crippen LogP contribution in [-0.2, 0) is 0 Å². The highest BCUT2D eigenvalue weighted by molar-refractivity contribution is 6.11. The lowest BCUT2D eigenvalue weighted by Crippen LogP contribution is -2.11. The number of hydrogen-bond acceptors (Lipinski definition) is 6. The first-order valence-corrected chi connectivity index (χ1v) is 5.69. The average molecular weight is 257 g/mol. The second-order valence-electron chi connectivity index (χ2n) is 4.30. The Hall–Kier alpha value is -2.63. The number of hydrogen-bond donors (Lipinski definition) is 2. The smallest absolute Gasteiger partial charge is 0.221 e. The number of nitrogen functional groups attached to an aromatic ring is 2. The molecule has 1 aromatic heterocycles. The van der Waals surface area contributed by atoms with Crippen molar-refractivity contribution in [2.45, 2.75) is 0 Å². The van der Waals surface area contributed by atoms with Crippen LogP contribution < -0.4 is 16.4 Å². The van der Waals surface area contributed by atoms with Gasteiger partial charge in [0.15, 0.2) is 5.78 Å². The van der Waals surface area contributed by atoms with Gasteiger partial charge in [-0.3, -0.25) is 4.79 Å². The lowest BCUT2D eigenvalue weighted by atomic mass is 10.0. The highest BCUT2D eigenvalue weighted by Crippen LogP contribution is 2.17. The van der Waals surface area contributed by atoms with Crippen molar-refractivity contribution in [3.05, 3.63) is 41.6 Å². The molecule has 0 aliphatic rings. The van der Waals surface area contributed by atoms with Crippen LogP contribution >= 0.6 is 0 Å². The number of rotatable bonds is 3. The van der Waals surface area contributed by atoms with E-state index < -0.39 is 0 Å². The van der Waals surface area contributed by atoms with Crippen molar-refractivity contribution in [1.29, 1.82) is 0 Å². The molecule has 0 saturated heterocycles. The zero-order valence-corrected chi connectivity index (χ0v) is 10.8. The molecule has 0 saturated carbocycles. The Kier molecular flexibility index (Phi) is 3.33. The van der Waals surface area contributed by atoms with Gasteiger partial charge in [0, 0.05) is 31.5 Å². The first kappa shape index (κ1) is 12.8. The molecule has 0 bridgehead atoms. The van der Waals surface area contributed by atoms with E-state index >= 15 is 0 Å². The van der Waals surface area contributed by atoms with Crippen molar-refractivity contribution in [1.82, 2.24) is 9.97 Å². The zero-order chi connectivity index (χ0) is 14.0. The zero-order valence-electron chi connectivity index (χ0n) is 10.8. The average Bonchev–Trinajstić information content (AvgIpc) is 2.38. The number of aromatic nitrogens is 2. The molecule has 19 heavy (non-hydrogen) atoms. The molecule has 6 nitrogen and oxygen atoms in total. The molecular formula is C13H15N5O. The third-order valence-corrected chi connectivity index (χ3v) is 2.73. The standard InChI is InChI=1S/C13H15N5O/c1-18(2)9-5-3-8(4-6-9)11(19)10-7-16-13(15)17-12(10)14/h3-7H,1-2H3,(H4,14,15,16,17). The summed E-state index contributed by atoms with van der Waals surface area (Å²) in [6, 6.07) is 7.21. The van der Waals surface area contributed by atoms with Crippen molar-refractivity contribution < 1.29 is 4.79 Å². The van der Waals surface area contributed by atoms with Crippen LogP contribution in [0.15, 0.2) is 30.5 Å².